The van der Waals surface area contributed by atoms with E-state index in [0.717, 1.165) is 50.5 Å². The lowest BCUT2D eigenvalue weighted by Gasteiger charge is -2.58. The Bertz CT molecular complexity index is 850. The predicted octanol–water partition coefficient (Wildman–Crippen LogP) is 5.69. The van der Waals surface area contributed by atoms with Crippen molar-refractivity contribution < 1.29 is 9.59 Å². The number of ketones is 1. The molecule has 6 atom stereocenters. The molecule has 0 bridgehead atoms. The summed E-state index contributed by atoms with van der Waals surface area (Å²) in [6, 6.07) is 0. The molecule has 4 rings (SSSR count). The quantitative estimate of drug-likeness (QED) is 0.358. The highest BCUT2D eigenvalue weighted by Gasteiger charge is 2.60. The van der Waals surface area contributed by atoms with Gasteiger partial charge in [-0.15, -0.1) is 0 Å². The second-order valence-electron chi connectivity index (χ2n) is 11.7. The third-order valence-electron chi connectivity index (χ3n) is 9.05. The molecule has 6 nitrogen and oxygen atoms in total. The van der Waals surface area contributed by atoms with Gasteiger partial charge in [0.2, 0.25) is 5.91 Å². The molecule has 0 spiro atoms. The predicted molar refractivity (Wildman–Crippen MR) is 116 cm³/mol. The topological polar surface area (TPSA) is 94.9 Å². The minimum absolute atomic E-state index is 0.0131. The van der Waals surface area contributed by atoms with Gasteiger partial charge in [0, 0.05) is 22.8 Å². The van der Waals surface area contributed by atoms with Crippen LogP contribution in [0.3, 0.4) is 0 Å². The number of nitrogens with zero attached hydrogens (tertiary/aromatic N) is 3. The van der Waals surface area contributed by atoms with Gasteiger partial charge in [-0.25, -0.2) is 0 Å². The smallest absolute Gasteiger partial charge is 0.224 e. The standard InChI is InChI=1S/C24H36N4O2/c1-22(2,3)26-21(30)18-9-8-15-14-6-7-17-20(27-28-25)19(29)11-13-23(17,4)16(14)10-12-24(15,18)5/h14-16,18H,6-13H2,1-5H3,(H,26,30)/t14-,15-,16-,18+,23+,24-/m0/s1. The van der Waals surface area contributed by atoms with Crippen molar-refractivity contribution in [1.82, 2.24) is 5.32 Å². The van der Waals surface area contributed by atoms with Crippen LogP contribution in [0.15, 0.2) is 16.4 Å². The van der Waals surface area contributed by atoms with Gasteiger partial charge in [0.25, 0.3) is 0 Å². The minimum Gasteiger partial charge on any atom is -0.351 e. The van der Waals surface area contributed by atoms with Gasteiger partial charge in [0.1, 0.15) is 0 Å². The lowest BCUT2D eigenvalue weighted by molar-refractivity contribution is -0.134. The largest absolute Gasteiger partial charge is 0.351 e. The first-order valence-corrected chi connectivity index (χ1v) is 11.7. The Balaban J connectivity index is 1.63. The van der Waals surface area contributed by atoms with Crippen LogP contribution in [0.25, 0.3) is 10.4 Å². The molecule has 0 heterocycles. The average Bonchev–Trinajstić information content (AvgIpc) is 3.00. The third-order valence-corrected chi connectivity index (χ3v) is 9.05. The molecule has 0 radical (unpaired) electrons. The van der Waals surface area contributed by atoms with Crippen molar-refractivity contribution in [3.8, 4) is 0 Å². The number of hydrogen-bond donors (Lipinski definition) is 1. The average molecular weight is 413 g/mol. The van der Waals surface area contributed by atoms with Gasteiger partial charge >= 0.3 is 0 Å². The summed E-state index contributed by atoms with van der Waals surface area (Å²) in [6.45, 7) is 10.8. The molecule has 0 aromatic heterocycles. The fourth-order valence-corrected chi connectivity index (χ4v) is 7.73. The van der Waals surface area contributed by atoms with Gasteiger partial charge in [0.05, 0.1) is 5.70 Å². The Morgan fingerprint density at radius 1 is 1.10 bits per heavy atom. The molecular weight excluding hydrogens is 376 g/mol. The number of rotatable bonds is 2. The SMILES string of the molecule is CC(C)(C)NC(=O)[C@H]1CC[C@H]2[C@@H]3CCC4=C(N=[N+]=[N-])C(=O)CC[C@]4(C)[C@H]3CC[C@]12C. The first-order chi connectivity index (χ1) is 14.0. The van der Waals surface area contributed by atoms with Crippen LogP contribution in [0.4, 0.5) is 0 Å². The monoisotopic (exact) mass is 412 g/mol. The number of carbonyl (C=O) groups excluding carboxylic acids is 2. The highest BCUT2D eigenvalue weighted by molar-refractivity contribution is 5.97. The number of azide groups is 1. The van der Waals surface area contributed by atoms with Gasteiger partial charge in [-0.3, -0.25) is 9.59 Å². The molecule has 4 aliphatic rings. The Hall–Kier alpha value is -1.81. The second-order valence-corrected chi connectivity index (χ2v) is 11.7. The van der Waals surface area contributed by atoms with Gasteiger partial charge in [-0.2, -0.15) is 0 Å². The summed E-state index contributed by atoms with van der Waals surface area (Å²) in [5.74, 6) is 2.00. The van der Waals surface area contributed by atoms with Crippen LogP contribution in [0.1, 0.15) is 86.0 Å². The van der Waals surface area contributed by atoms with E-state index >= 15 is 0 Å². The number of carbonyl (C=O) groups is 2. The molecule has 4 aliphatic carbocycles. The summed E-state index contributed by atoms with van der Waals surface area (Å²) in [7, 11) is 0. The molecule has 3 saturated carbocycles. The molecule has 1 amide bonds. The van der Waals surface area contributed by atoms with Crippen LogP contribution in [0.5, 0.6) is 0 Å². The third kappa shape index (κ3) is 3.19. The van der Waals surface area contributed by atoms with Crippen molar-refractivity contribution in [2.45, 2.75) is 91.5 Å². The van der Waals surface area contributed by atoms with E-state index in [4.69, 9.17) is 5.53 Å². The molecule has 3 fully saturated rings. The number of nitrogens with one attached hydrogen (secondary N) is 1. The second kappa shape index (κ2) is 7.12. The van der Waals surface area contributed by atoms with Crippen LogP contribution >= 0.6 is 0 Å². The Labute approximate surface area is 179 Å². The molecule has 0 unspecified atom stereocenters. The van der Waals surface area contributed by atoms with Crippen LogP contribution in [-0.4, -0.2) is 17.2 Å². The van der Waals surface area contributed by atoms with Gasteiger partial charge < -0.3 is 5.32 Å². The molecule has 0 aromatic rings. The van der Waals surface area contributed by atoms with Gasteiger partial charge in [0.15, 0.2) is 5.78 Å². The first-order valence-electron chi connectivity index (χ1n) is 11.7. The van der Waals surface area contributed by atoms with E-state index in [9.17, 15) is 9.59 Å². The van der Waals surface area contributed by atoms with Gasteiger partial charge in [-0.05, 0) is 99.8 Å². The Kier molecular flexibility index (Phi) is 5.08. The minimum atomic E-state index is -0.201. The van der Waals surface area contributed by atoms with E-state index in [1.54, 1.807) is 0 Å². The van der Waals surface area contributed by atoms with E-state index < -0.39 is 0 Å². The van der Waals surface area contributed by atoms with E-state index in [0.29, 0.717) is 29.9 Å². The molecule has 30 heavy (non-hydrogen) atoms. The van der Waals surface area contributed by atoms with E-state index in [1.165, 1.54) is 0 Å². The lowest BCUT2D eigenvalue weighted by atomic mass is 9.46. The van der Waals surface area contributed by atoms with Crippen LogP contribution in [0, 0.1) is 34.5 Å². The van der Waals surface area contributed by atoms with Crippen molar-refractivity contribution in [3.63, 3.8) is 0 Å². The summed E-state index contributed by atoms with van der Waals surface area (Å²) in [5.41, 5.74) is 10.3. The number of fused-ring (bicyclic) bond motifs is 5. The molecule has 0 aromatic carbocycles. The molecular formula is C24H36N4O2. The maximum Gasteiger partial charge on any atom is 0.224 e. The molecule has 0 saturated heterocycles. The summed E-state index contributed by atoms with van der Waals surface area (Å²) in [5, 5.41) is 7.08. The van der Waals surface area contributed by atoms with Gasteiger partial charge in [-0.1, -0.05) is 24.5 Å². The zero-order valence-electron chi connectivity index (χ0n) is 19.1. The Morgan fingerprint density at radius 2 is 1.83 bits per heavy atom. The van der Waals surface area contributed by atoms with Crippen molar-refractivity contribution in [3.05, 3.63) is 21.7 Å². The zero-order valence-corrected chi connectivity index (χ0v) is 19.1. The highest BCUT2D eigenvalue weighted by Crippen LogP contribution is 2.67. The van der Waals surface area contributed by atoms with E-state index in [1.807, 2.05) is 0 Å². The molecule has 1 N–H and O–H groups in total. The number of amides is 1. The lowest BCUT2D eigenvalue weighted by Crippen LogP contribution is -2.53. The zero-order chi connectivity index (χ0) is 21.9. The number of Topliss-reactive ketones (excluding diaryl/α,β-unsaturated/α-hetero) is 1. The highest BCUT2D eigenvalue weighted by atomic mass is 16.2. The van der Waals surface area contributed by atoms with Crippen molar-refractivity contribution in [2.24, 2.45) is 39.6 Å². The van der Waals surface area contributed by atoms with Crippen LogP contribution in [0.2, 0.25) is 0 Å². The van der Waals surface area contributed by atoms with Crippen LogP contribution < -0.4 is 5.32 Å². The van der Waals surface area contributed by atoms with Crippen LogP contribution in [-0.2, 0) is 9.59 Å². The molecule has 164 valence electrons. The first kappa shape index (κ1) is 21.4. The van der Waals surface area contributed by atoms with E-state index in [-0.39, 0.29) is 34.0 Å². The van der Waals surface area contributed by atoms with Crippen molar-refractivity contribution >= 4 is 11.7 Å². The summed E-state index contributed by atoms with van der Waals surface area (Å²) in [4.78, 5) is 28.5. The molecule has 0 aliphatic heterocycles. The summed E-state index contributed by atoms with van der Waals surface area (Å²) in [6.07, 6.45) is 7.50. The fraction of sp³-hybridized carbons (Fsp3) is 0.833. The fourth-order valence-electron chi connectivity index (χ4n) is 7.73. The normalized spacial score (nSPS) is 40.8. The number of hydrogen-bond acceptors (Lipinski definition) is 3. The Morgan fingerprint density at radius 3 is 2.50 bits per heavy atom. The van der Waals surface area contributed by atoms with E-state index in [2.05, 4.69) is 50.0 Å². The van der Waals surface area contributed by atoms with Crippen molar-refractivity contribution in [2.75, 3.05) is 0 Å². The maximum atomic E-state index is 13.1. The van der Waals surface area contributed by atoms with Crippen molar-refractivity contribution in [1.29, 1.82) is 0 Å². The summed E-state index contributed by atoms with van der Waals surface area (Å²) < 4.78 is 0. The molecule has 6 heteroatoms. The maximum absolute atomic E-state index is 13.1. The summed E-state index contributed by atoms with van der Waals surface area (Å²) >= 11 is 0. The number of allylic oxidation sites excluding steroid dienone is 1.